The Balaban J connectivity index is 1.30. The second-order valence-corrected chi connectivity index (χ2v) is 32.6. The lowest BCUT2D eigenvalue weighted by atomic mass is 10.0. The highest BCUT2D eigenvalue weighted by atomic mass is 16.7. The molecule has 0 saturated carbocycles. The number of aliphatic hydroxyl groups excluding tert-OH is 18. The highest BCUT2D eigenvalue weighted by Crippen LogP contribution is 2.28. The average molecular weight is 1910 g/mol. The minimum Gasteiger partial charge on any atom is -0.480 e. The number of carboxylic acids is 1. The van der Waals surface area contributed by atoms with Crippen LogP contribution < -0.4 is 48.3 Å². The Morgan fingerprint density at radius 1 is 0.303 bits per heavy atom. The van der Waals surface area contributed by atoms with Gasteiger partial charge in [0.25, 0.3) is 5.91 Å². The maximum absolute atomic E-state index is 15.8. The van der Waals surface area contributed by atoms with E-state index < -0.39 is 373 Å². The molecule has 760 valence electrons. The van der Waals surface area contributed by atoms with E-state index in [4.69, 9.17) is 62.6 Å². The molecule has 0 aromatic heterocycles. The first-order valence-electron chi connectivity index (χ1n) is 43.4. The van der Waals surface area contributed by atoms with E-state index in [1.54, 1.807) is 0 Å². The van der Waals surface area contributed by atoms with Gasteiger partial charge in [-0.1, -0.05) is 0 Å². The van der Waals surface area contributed by atoms with Crippen LogP contribution in [-0.2, 0) is 105 Å². The van der Waals surface area contributed by atoms with Crippen molar-refractivity contribution in [3.8, 4) is 0 Å². The smallest absolute Gasteiger partial charge is 0.326 e. The van der Waals surface area contributed by atoms with Gasteiger partial charge in [-0.25, -0.2) is 9.59 Å². The van der Waals surface area contributed by atoms with Gasteiger partial charge in [0.05, 0.1) is 116 Å². The molecule has 132 heavy (non-hydrogen) atoms. The fraction of sp³-hybridized carbons (Fsp3) is 0.857. The van der Waals surface area contributed by atoms with Crippen molar-refractivity contribution in [2.75, 3.05) is 144 Å². The molecule has 0 spiro atoms. The number of hydrogen-bond donors (Lipinski definition) is 28. The largest absolute Gasteiger partial charge is 0.480 e. The van der Waals surface area contributed by atoms with E-state index in [9.17, 15) is 140 Å². The second kappa shape index (κ2) is 56.5. The maximum atomic E-state index is 15.8. The van der Waals surface area contributed by atoms with Crippen LogP contribution in [0.1, 0.15) is 80.1 Å². The molecule has 0 aliphatic carbocycles. The Morgan fingerprint density at radius 3 is 0.818 bits per heavy atom. The summed E-state index contributed by atoms with van der Waals surface area (Å²) in [6.45, 7) is -4.41. The first-order valence-corrected chi connectivity index (χ1v) is 43.4. The first-order chi connectivity index (χ1) is 62.4. The van der Waals surface area contributed by atoms with E-state index in [-0.39, 0.29) is 76.5 Å². The fourth-order valence-corrected chi connectivity index (χ4v) is 14.3. The third kappa shape index (κ3) is 35.1. The van der Waals surface area contributed by atoms with Crippen molar-refractivity contribution >= 4 is 65.2 Å². The Kier molecular flexibility index (Phi) is 48.6. The number of amides is 11. The molecule has 29 N–H and O–H groups in total. The van der Waals surface area contributed by atoms with Gasteiger partial charge >= 0.3 is 12.0 Å². The standard InChI is InChI=1S/C77H135N13O42/c1-35-51(99)57(105)63(111)71(127-35)121-21-15-79-43(91)27-87(28-44(92)80-16-22-122-72-64(112)58(106)52(100)36(2)128-72)31-49(97)86-41(11-8-10-14-85-77(120)89(32-47(95)83-19-25-125-75-67(115)61(109)55(103)39(5)131-75)33-48(96)84-20-26-126-76-68(116)62(110)56(104)40(6)132-76)69(117)90(42(70(118)119)12-7-9-13-78)50(98)34-88(29-45(93)81-17-23-123-73-65(113)59(107)53(101)37(3)129-73)30-46(94)82-18-24-124-74-66(114)60(108)54(102)38(4)130-74/h35-42,51-68,71-76,99-116H,7-34,78H2,1-6H3,(H,79,91)(H,80,92)(H,81,93)(H,82,94)(H,83,95)(H,84,96)(H,85,120)(H,86,97)(H,118,119)/t35-,36-,37-,38-,39-,40-,41-,42-,51+,52+,53+,54+,55+,56+,57+,58+,59+,60+,61+,62+,63-,64-,65-,66-,67-,68-,71+,72+,73+,74+,75+,76+/m0/s1. The molecule has 0 aromatic rings. The number of imide groups is 1. The van der Waals surface area contributed by atoms with Crippen molar-refractivity contribution in [3.63, 3.8) is 0 Å². The summed E-state index contributed by atoms with van der Waals surface area (Å²) in [5.41, 5.74) is 5.83. The summed E-state index contributed by atoms with van der Waals surface area (Å²) in [6.07, 6.45) is -46.3. The zero-order valence-electron chi connectivity index (χ0n) is 74.0. The van der Waals surface area contributed by atoms with E-state index in [1.807, 2.05) is 0 Å². The molecule has 6 saturated heterocycles. The molecular weight excluding hydrogens is 1780 g/mol. The van der Waals surface area contributed by atoms with Crippen molar-refractivity contribution in [2.24, 2.45) is 5.73 Å². The molecule has 55 heteroatoms. The monoisotopic (exact) mass is 1910 g/mol. The van der Waals surface area contributed by atoms with Crippen molar-refractivity contribution in [1.29, 1.82) is 0 Å². The van der Waals surface area contributed by atoms with Crippen LogP contribution in [0.4, 0.5) is 4.79 Å². The van der Waals surface area contributed by atoms with E-state index in [0.29, 0.717) is 0 Å². The molecule has 0 unspecified atom stereocenters. The number of aliphatic carboxylic acids is 1. The van der Waals surface area contributed by atoms with Crippen LogP contribution in [0, 0.1) is 0 Å². The Labute approximate surface area is 757 Å². The molecule has 0 bridgehead atoms. The number of aliphatic hydroxyl groups is 18. The van der Waals surface area contributed by atoms with Gasteiger partial charge in [0.15, 0.2) is 37.7 Å². The topological polar surface area (TPSA) is 818 Å². The summed E-state index contributed by atoms with van der Waals surface area (Å²) < 4.78 is 65.7. The molecule has 6 rings (SSSR count). The number of unbranched alkanes of at least 4 members (excludes halogenated alkanes) is 2. The Bertz CT molecular complexity index is 3420. The molecule has 6 aliphatic heterocycles. The summed E-state index contributed by atoms with van der Waals surface area (Å²) in [5.74, 6) is -11.7. The van der Waals surface area contributed by atoms with Crippen LogP contribution >= 0.6 is 0 Å². The lowest BCUT2D eigenvalue weighted by molar-refractivity contribution is -0.292. The van der Waals surface area contributed by atoms with E-state index in [1.165, 1.54) is 41.5 Å². The number of nitrogens with zero attached hydrogens (tertiary/aromatic N) is 4. The molecule has 6 heterocycles. The predicted molar refractivity (Wildman–Crippen MR) is 438 cm³/mol. The number of carboxylic acid groups (broad SMARTS) is 1. The van der Waals surface area contributed by atoms with Crippen LogP contribution in [0.2, 0.25) is 0 Å². The normalized spacial score (nSPS) is 33.0. The van der Waals surface area contributed by atoms with Crippen LogP contribution in [0.25, 0.3) is 0 Å². The second-order valence-electron chi connectivity index (χ2n) is 32.6. The summed E-state index contributed by atoms with van der Waals surface area (Å²) in [7, 11) is 0. The van der Waals surface area contributed by atoms with E-state index in [0.717, 1.165) is 14.7 Å². The van der Waals surface area contributed by atoms with Crippen molar-refractivity contribution < 1.29 is 207 Å². The summed E-state index contributed by atoms with van der Waals surface area (Å²) in [5, 5.41) is 217. The molecule has 6 aliphatic rings. The lowest BCUT2D eigenvalue weighted by Crippen LogP contribution is -2.59. The number of hydrogen-bond acceptors (Lipinski definition) is 44. The van der Waals surface area contributed by atoms with Crippen molar-refractivity contribution in [2.45, 2.75) is 276 Å². The van der Waals surface area contributed by atoms with Crippen LogP contribution in [0.3, 0.4) is 0 Å². The zero-order chi connectivity index (χ0) is 98.1. The SMILES string of the molecule is C[C@@H]1O[C@@H](OCCNC(=O)CN(CC(=O)NCCO[C@@H]2O[C@@H](C)[C@@H](O)[C@@H](O)[C@@H]2O)CC(=O)N[C@@H](CCCCNC(=O)N(CC(=O)NCCO[C@@H]2O[C@@H](C)[C@@H](O)[C@@H](O)[C@@H]2O)CC(=O)NCCO[C@@H]2O[C@@H](C)[C@@H](O)[C@@H](O)[C@@H]2O)C(=O)N(C(=O)CN(CC(=O)NCCO[C@@H]2O[C@@H](C)[C@@H](O)[C@@H](O)[C@@H]2O)CC(=O)NCCO[C@@H]2O[C@@H](C)[C@@H](O)[C@@H](O)[C@@H]2O)[C@@H](CCCCN)C(=O)O)[C@@H](O)[C@H](O)[C@@H]1O. The summed E-state index contributed by atoms with van der Waals surface area (Å²) in [6, 6.07) is -5.35. The molecule has 0 radical (unpaired) electrons. The number of carbonyl (C=O) groups excluding carboxylic acids is 10. The van der Waals surface area contributed by atoms with E-state index >= 15 is 9.59 Å². The van der Waals surface area contributed by atoms with Gasteiger partial charge in [-0.2, -0.15) is 0 Å². The number of urea groups is 1. The number of rotatable bonds is 53. The van der Waals surface area contributed by atoms with E-state index in [2.05, 4.69) is 42.5 Å². The van der Waals surface area contributed by atoms with Crippen LogP contribution in [0.5, 0.6) is 0 Å². The van der Waals surface area contributed by atoms with Crippen molar-refractivity contribution in [3.05, 3.63) is 0 Å². The third-order valence-electron chi connectivity index (χ3n) is 22.1. The molecule has 6 fully saturated rings. The summed E-state index contributed by atoms with van der Waals surface area (Å²) in [4.78, 5) is 160. The van der Waals surface area contributed by atoms with Gasteiger partial charge in [0.2, 0.25) is 47.3 Å². The minimum atomic E-state index is -2.18. The molecule has 11 amide bonds. The lowest BCUT2D eigenvalue weighted by Gasteiger charge is -2.38. The average Bonchev–Trinajstić information content (AvgIpc) is 0.827. The Hall–Kier alpha value is -7.15. The van der Waals surface area contributed by atoms with Gasteiger partial charge in [-0.05, 0) is 86.6 Å². The zero-order valence-corrected chi connectivity index (χ0v) is 74.0. The van der Waals surface area contributed by atoms with Crippen LogP contribution in [-0.4, -0.2) is 522 Å². The molecule has 55 nitrogen and oxygen atoms in total. The van der Waals surface area contributed by atoms with Gasteiger partial charge in [0.1, 0.15) is 135 Å². The number of nitrogens with one attached hydrogen (secondary N) is 8. The highest BCUT2D eigenvalue weighted by molar-refractivity contribution is 6.03. The highest BCUT2D eigenvalue weighted by Gasteiger charge is 2.49. The molecule has 0 aromatic carbocycles. The third-order valence-corrected chi connectivity index (χ3v) is 22.1. The van der Waals surface area contributed by atoms with Crippen LogP contribution in [0.15, 0.2) is 0 Å². The van der Waals surface area contributed by atoms with Gasteiger partial charge < -0.3 is 207 Å². The molecule has 32 atom stereocenters. The fourth-order valence-electron chi connectivity index (χ4n) is 14.3. The Morgan fingerprint density at radius 2 is 0.553 bits per heavy atom. The van der Waals surface area contributed by atoms with Gasteiger partial charge in [-0.15, -0.1) is 0 Å². The quantitative estimate of drug-likeness (QED) is 0.0252. The first kappa shape index (κ1) is 114. The predicted octanol–water partition coefficient (Wildman–Crippen LogP) is -17.0. The molecular formula is C77H135N13O42. The number of ether oxygens (including phenoxy) is 12. The minimum absolute atomic E-state index is 0.0525. The van der Waals surface area contributed by atoms with Crippen molar-refractivity contribution in [1.82, 2.24) is 62.1 Å². The number of carbonyl (C=O) groups is 11. The maximum Gasteiger partial charge on any atom is 0.326 e. The van der Waals surface area contributed by atoms with Gasteiger partial charge in [-0.3, -0.25) is 57.9 Å². The summed E-state index contributed by atoms with van der Waals surface area (Å²) >= 11 is 0. The van der Waals surface area contributed by atoms with Gasteiger partial charge in [0, 0.05) is 45.8 Å². The number of nitrogens with two attached hydrogens (primary N) is 1.